The molecular weight excluding hydrogens is 633 g/mol. The number of hydrogen-bond donors (Lipinski definition) is 3. The molecule has 43 heavy (non-hydrogen) atoms. The van der Waals surface area contributed by atoms with Crippen LogP contribution in [0.5, 0.6) is 5.88 Å². The van der Waals surface area contributed by atoms with Crippen LogP contribution in [0.4, 0.5) is 19.0 Å². The summed E-state index contributed by atoms with van der Waals surface area (Å²) in [4.78, 5) is 25.4. The van der Waals surface area contributed by atoms with E-state index in [0.717, 1.165) is 46.6 Å². The maximum absolute atomic E-state index is 11.7. The largest absolute Gasteiger partial charge is 0.490 e. The number of hydrogen-bond acceptors (Lipinski definition) is 6. The van der Waals surface area contributed by atoms with E-state index < -0.39 is 18.1 Å². The highest BCUT2D eigenvalue weighted by Crippen LogP contribution is 2.35. The third kappa shape index (κ3) is 9.97. The molecule has 13 heteroatoms. The molecule has 1 aliphatic rings. The van der Waals surface area contributed by atoms with Crippen molar-refractivity contribution in [2.75, 3.05) is 18.5 Å². The molecule has 234 valence electrons. The average Bonchev–Trinajstić information content (AvgIpc) is 3.25. The number of ether oxygens (including phenoxy) is 1. The molecule has 0 aliphatic carbocycles. The van der Waals surface area contributed by atoms with Crippen LogP contribution in [-0.4, -0.2) is 56.2 Å². The predicted octanol–water partition coefficient (Wildman–Crippen LogP) is 6.29. The molecular formula is C30H36BrF3N4O5. The van der Waals surface area contributed by atoms with Crippen molar-refractivity contribution < 1.29 is 37.7 Å². The van der Waals surface area contributed by atoms with Gasteiger partial charge in [-0.3, -0.25) is 4.79 Å². The highest BCUT2D eigenvalue weighted by molar-refractivity contribution is 9.10. The fourth-order valence-electron chi connectivity index (χ4n) is 4.59. The van der Waals surface area contributed by atoms with E-state index in [2.05, 4.69) is 71.4 Å². The van der Waals surface area contributed by atoms with Gasteiger partial charge in [-0.25, -0.2) is 14.5 Å². The molecule has 0 radical (unpaired) electrons. The van der Waals surface area contributed by atoms with Crippen LogP contribution in [0.3, 0.4) is 0 Å². The summed E-state index contributed by atoms with van der Waals surface area (Å²) in [5.74, 6) is -2.14. The Morgan fingerprint density at radius 3 is 2.44 bits per heavy atom. The fourth-order valence-corrected chi connectivity index (χ4v) is 5.16. The van der Waals surface area contributed by atoms with Crippen molar-refractivity contribution in [2.45, 2.75) is 70.4 Å². The highest BCUT2D eigenvalue weighted by Gasteiger charge is 2.38. The minimum Gasteiger partial charge on any atom is -0.481 e. The summed E-state index contributed by atoms with van der Waals surface area (Å²) in [7, 11) is 1.85. The van der Waals surface area contributed by atoms with Crippen molar-refractivity contribution in [2.24, 2.45) is 7.05 Å². The second-order valence-electron chi connectivity index (χ2n) is 11.3. The summed E-state index contributed by atoms with van der Waals surface area (Å²) in [6.07, 6.45) is -1.63. The van der Waals surface area contributed by atoms with E-state index >= 15 is 0 Å². The van der Waals surface area contributed by atoms with Crippen LogP contribution >= 0.6 is 15.9 Å². The van der Waals surface area contributed by atoms with Gasteiger partial charge in [0, 0.05) is 42.2 Å². The van der Waals surface area contributed by atoms with Crippen LogP contribution in [0.2, 0.25) is 0 Å². The van der Waals surface area contributed by atoms with Crippen LogP contribution in [0, 0.1) is 0 Å². The highest BCUT2D eigenvalue weighted by atomic mass is 79.9. The van der Waals surface area contributed by atoms with Gasteiger partial charge in [-0.15, -0.1) is 0 Å². The van der Waals surface area contributed by atoms with Gasteiger partial charge in [-0.1, -0.05) is 54.9 Å². The minimum atomic E-state index is -5.08. The number of benzene rings is 1. The van der Waals surface area contributed by atoms with Crippen molar-refractivity contribution in [1.82, 2.24) is 14.8 Å². The first-order valence-corrected chi connectivity index (χ1v) is 14.5. The van der Waals surface area contributed by atoms with Crippen LogP contribution in [0.15, 0.2) is 40.9 Å². The number of carbonyl (C=O) groups is 2. The second kappa shape index (κ2) is 14.2. The van der Waals surface area contributed by atoms with Crippen molar-refractivity contribution >= 4 is 33.7 Å². The third-order valence-electron chi connectivity index (χ3n) is 6.87. The molecule has 0 saturated heterocycles. The van der Waals surface area contributed by atoms with E-state index in [0.29, 0.717) is 25.3 Å². The molecule has 1 unspecified atom stereocenters. The van der Waals surface area contributed by atoms with E-state index in [1.54, 1.807) is 4.68 Å². The number of nitrogens with zero attached hydrogens (tertiary/aromatic N) is 3. The molecule has 0 bridgehead atoms. The Bertz CT molecular complexity index is 1440. The molecule has 0 fully saturated rings. The Labute approximate surface area is 256 Å². The van der Waals surface area contributed by atoms with Crippen molar-refractivity contribution in [3.63, 3.8) is 0 Å². The first kappa shape index (κ1) is 33.9. The number of aliphatic carboxylic acids is 2. The van der Waals surface area contributed by atoms with Gasteiger partial charge < -0.3 is 20.3 Å². The maximum Gasteiger partial charge on any atom is 0.490 e. The number of aromatic nitrogens is 3. The summed E-state index contributed by atoms with van der Waals surface area (Å²) in [5.41, 5.74) is 5.21. The lowest BCUT2D eigenvalue weighted by atomic mass is 9.83. The first-order valence-electron chi connectivity index (χ1n) is 13.7. The molecule has 3 N–H and O–H groups in total. The summed E-state index contributed by atoms with van der Waals surface area (Å²) in [6.45, 7) is 7.93. The van der Waals surface area contributed by atoms with E-state index in [4.69, 9.17) is 19.6 Å². The van der Waals surface area contributed by atoms with E-state index in [9.17, 15) is 23.1 Å². The lowest BCUT2D eigenvalue weighted by Gasteiger charge is -2.23. The molecule has 3 heterocycles. The van der Waals surface area contributed by atoms with Gasteiger partial charge in [-0.05, 0) is 53.5 Å². The van der Waals surface area contributed by atoms with Gasteiger partial charge >= 0.3 is 18.1 Å². The molecule has 1 aliphatic heterocycles. The Morgan fingerprint density at radius 2 is 1.81 bits per heavy atom. The minimum absolute atomic E-state index is 0.0248. The number of halogens is 4. The number of alkyl halides is 3. The summed E-state index contributed by atoms with van der Waals surface area (Å²) < 4.78 is 40.4. The Morgan fingerprint density at radius 1 is 1.12 bits per heavy atom. The molecule has 1 aromatic carbocycles. The van der Waals surface area contributed by atoms with Gasteiger partial charge in [0.05, 0.1) is 18.7 Å². The average molecular weight is 670 g/mol. The zero-order valence-corrected chi connectivity index (χ0v) is 26.0. The number of carboxylic acid groups (broad SMARTS) is 2. The number of fused-ring (bicyclic) bond motifs is 1. The van der Waals surface area contributed by atoms with Crippen LogP contribution in [0.1, 0.15) is 67.6 Å². The summed E-state index contributed by atoms with van der Waals surface area (Å²) in [6, 6.07) is 12.4. The van der Waals surface area contributed by atoms with E-state index in [1.165, 1.54) is 11.1 Å². The molecule has 1 atom stereocenters. The number of rotatable bonds is 9. The van der Waals surface area contributed by atoms with Gasteiger partial charge in [0.25, 0.3) is 0 Å². The van der Waals surface area contributed by atoms with Crippen LogP contribution in [0.25, 0.3) is 0 Å². The Hall–Kier alpha value is -3.61. The van der Waals surface area contributed by atoms with Gasteiger partial charge in [0.2, 0.25) is 5.88 Å². The number of anilines is 1. The molecule has 0 spiro atoms. The Kier molecular flexibility index (Phi) is 11.2. The van der Waals surface area contributed by atoms with Gasteiger partial charge in [0.15, 0.2) is 0 Å². The first-order chi connectivity index (χ1) is 20.0. The monoisotopic (exact) mass is 668 g/mol. The molecule has 0 saturated carbocycles. The van der Waals surface area contributed by atoms with Crippen LogP contribution < -0.4 is 10.1 Å². The quantitative estimate of drug-likeness (QED) is 0.243. The smallest absolute Gasteiger partial charge is 0.481 e. The maximum atomic E-state index is 11.7. The number of aryl methyl sites for hydroxylation is 2. The summed E-state index contributed by atoms with van der Waals surface area (Å²) in [5, 5.41) is 24.7. The van der Waals surface area contributed by atoms with E-state index in [-0.39, 0.29) is 17.8 Å². The normalized spacial score (nSPS) is 13.7. The third-order valence-corrected chi connectivity index (χ3v) is 7.59. The molecule has 3 aromatic rings. The summed E-state index contributed by atoms with van der Waals surface area (Å²) >= 11 is 3.65. The van der Waals surface area contributed by atoms with Gasteiger partial charge in [0.1, 0.15) is 5.82 Å². The molecule has 4 rings (SSSR count). The lowest BCUT2D eigenvalue weighted by Crippen LogP contribution is -2.21. The SMILES string of the molecule is Cn1nc(CC(CC(=O)O)c2cc(C(C)(C)C)ccc2Br)cc1OCCc1ccc2c(n1)NCCC2.O=C(O)C(F)(F)F. The van der Waals surface area contributed by atoms with Crippen molar-refractivity contribution in [3.8, 4) is 5.88 Å². The molecule has 9 nitrogen and oxygen atoms in total. The zero-order valence-electron chi connectivity index (χ0n) is 24.5. The van der Waals surface area contributed by atoms with Crippen molar-refractivity contribution in [1.29, 1.82) is 0 Å². The fraction of sp³-hybridized carbons (Fsp3) is 0.467. The topological polar surface area (TPSA) is 127 Å². The number of nitrogens with one attached hydrogen (secondary N) is 1. The lowest BCUT2D eigenvalue weighted by molar-refractivity contribution is -0.192. The van der Waals surface area contributed by atoms with Crippen molar-refractivity contribution in [3.05, 3.63) is 68.9 Å². The predicted molar refractivity (Wildman–Crippen MR) is 159 cm³/mol. The zero-order chi connectivity index (χ0) is 31.9. The second-order valence-corrected chi connectivity index (χ2v) is 12.2. The standard InChI is InChI=1S/C28H35BrN4O3.C2HF3O2/c1-28(2,3)20-8-10-24(29)23(16-20)19(15-26(34)35)14-22-17-25(33(4)32-22)36-13-11-21-9-7-18-6-5-12-30-27(18)31-21;3-2(4,5)1(6)7/h7-10,16-17,19H,5-6,11-15H2,1-4H3,(H,30,31)(H,34,35);(H,6,7). The van der Waals surface area contributed by atoms with Crippen LogP contribution in [-0.2, 0) is 41.3 Å². The van der Waals surface area contributed by atoms with Gasteiger partial charge in [-0.2, -0.15) is 18.3 Å². The molecule has 2 aromatic heterocycles. The van der Waals surface area contributed by atoms with E-state index in [1.807, 2.05) is 19.2 Å². The number of pyridine rings is 1. The molecule has 0 amide bonds. The Balaban J connectivity index is 0.000000646. The number of carboxylic acids is 2.